The van der Waals surface area contributed by atoms with E-state index in [-0.39, 0.29) is 18.3 Å². The van der Waals surface area contributed by atoms with Crippen molar-refractivity contribution in [2.75, 3.05) is 33.4 Å². The Morgan fingerprint density at radius 3 is 2.35 bits per heavy atom. The highest BCUT2D eigenvalue weighted by Crippen LogP contribution is 2.18. The molecule has 0 aromatic rings. The van der Waals surface area contributed by atoms with Gasteiger partial charge in [0.25, 0.3) is 0 Å². The van der Waals surface area contributed by atoms with Crippen LogP contribution < -0.4 is 5.32 Å². The van der Waals surface area contributed by atoms with E-state index in [9.17, 15) is 4.79 Å². The third kappa shape index (κ3) is 8.53. The fourth-order valence-corrected chi connectivity index (χ4v) is 2.80. The van der Waals surface area contributed by atoms with Gasteiger partial charge in [-0.15, -0.1) is 0 Å². The largest absolute Gasteiger partial charge is 0.444 e. The Morgan fingerprint density at radius 1 is 1.22 bits per heavy atom. The molecule has 0 saturated carbocycles. The minimum atomic E-state index is -0.485. The number of nitrogens with one attached hydrogen (secondary N) is 1. The van der Waals surface area contributed by atoms with Crippen LogP contribution in [0.2, 0.25) is 0 Å². The molecule has 136 valence electrons. The van der Waals surface area contributed by atoms with E-state index in [2.05, 4.69) is 19.2 Å². The molecule has 0 spiro atoms. The Labute approximate surface area is 140 Å². The molecule has 1 rings (SSSR count). The van der Waals surface area contributed by atoms with Gasteiger partial charge in [-0.05, 0) is 47.5 Å². The minimum absolute atomic E-state index is 0.284. The van der Waals surface area contributed by atoms with Gasteiger partial charge in [-0.2, -0.15) is 0 Å². The van der Waals surface area contributed by atoms with E-state index in [1.165, 1.54) is 0 Å². The molecule has 2 unspecified atom stereocenters. The van der Waals surface area contributed by atoms with E-state index in [1.54, 1.807) is 12.0 Å². The average molecular weight is 330 g/mol. The predicted octanol–water partition coefficient (Wildman–Crippen LogP) is 2.42. The quantitative estimate of drug-likeness (QED) is 0.777. The zero-order valence-electron chi connectivity index (χ0n) is 15.6. The first-order valence-electron chi connectivity index (χ1n) is 8.57. The van der Waals surface area contributed by atoms with Crippen LogP contribution in [0.25, 0.3) is 0 Å². The van der Waals surface area contributed by atoms with Crippen LogP contribution in [0.1, 0.15) is 47.5 Å². The zero-order chi connectivity index (χ0) is 17.5. The summed E-state index contributed by atoms with van der Waals surface area (Å²) in [5.74, 6) is 0. The Morgan fingerprint density at radius 2 is 1.83 bits per heavy atom. The van der Waals surface area contributed by atoms with Crippen LogP contribution in [-0.2, 0) is 14.2 Å². The second-order valence-electron chi connectivity index (χ2n) is 7.34. The molecule has 23 heavy (non-hydrogen) atoms. The van der Waals surface area contributed by atoms with Crippen molar-refractivity contribution in [1.29, 1.82) is 0 Å². The molecule has 0 aliphatic carbocycles. The van der Waals surface area contributed by atoms with Crippen LogP contribution in [0.3, 0.4) is 0 Å². The molecule has 1 aliphatic heterocycles. The summed E-state index contributed by atoms with van der Waals surface area (Å²) in [4.78, 5) is 14.0. The van der Waals surface area contributed by atoms with Crippen LogP contribution in [-0.4, -0.2) is 68.2 Å². The third-order valence-corrected chi connectivity index (χ3v) is 3.73. The number of methoxy groups -OCH3 is 1. The first-order chi connectivity index (χ1) is 10.7. The molecule has 1 N–H and O–H groups in total. The van der Waals surface area contributed by atoms with E-state index in [0.717, 1.165) is 19.4 Å². The summed E-state index contributed by atoms with van der Waals surface area (Å²) in [5, 5.41) is 3.54. The molecule has 1 saturated heterocycles. The smallest absolute Gasteiger partial charge is 0.410 e. The Bertz CT molecular complexity index is 347. The molecule has 2 atom stereocenters. The van der Waals surface area contributed by atoms with Gasteiger partial charge in [-0.25, -0.2) is 4.79 Å². The van der Waals surface area contributed by atoms with Gasteiger partial charge >= 0.3 is 6.09 Å². The zero-order valence-corrected chi connectivity index (χ0v) is 15.6. The lowest BCUT2D eigenvalue weighted by atomic mass is 10.00. The molecule has 0 bridgehead atoms. The lowest BCUT2D eigenvalue weighted by Crippen LogP contribution is -2.46. The highest BCUT2D eigenvalue weighted by Gasteiger charge is 2.25. The number of rotatable bonds is 7. The van der Waals surface area contributed by atoms with Gasteiger partial charge in [0.1, 0.15) is 5.60 Å². The summed E-state index contributed by atoms with van der Waals surface area (Å²) < 4.78 is 16.3. The van der Waals surface area contributed by atoms with E-state index in [0.29, 0.717) is 25.7 Å². The molecule has 6 nitrogen and oxygen atoms in total. The maximum absolute atomic E-state index is 12.3. The van der Waals surface area contributed by atoms with Gasteiger partial charge in [0.2, 0.25) is 0 Å². The highest BCUT2D eigenvalue weighted by atomic mass is 16.6. The number of hydrogen-bond acceptors (Lipinski definition) is 5. The van der Waals surface area contributed by atoms with Crippen molar-refractivity contribution in [3.05, 3.63) is 0 Å². The summed E-state index contributed by atoms with van der Waals surface area (Å²) in [6, 6.07) is 0.441. The van der Waals surface area contributed by atoms with Crippen molar-refractivity contribution >= 4 is 6.09 Å². The number of carbonyl (C=O) groups is 1. The number of hydrogen-bond donors (Lipinski definition) is 1. The lowest BCUT2D eigenvalue weighted by molar-refractivity contribution is -0.0424. The van der Waals surface area contributed by atoms with Crippen molar-refractivity contribution in [2.24, 2.45) is 0 Å². The summed E-state index contributed by atoms with van der Waals surface area (Å²) in [6.45, 7) is 12.2. The van der Waals surface area contributed by atoms with Gasteiger partial charge in [-0.3, -0.25) is 0 Å². The summed E-state index contributed by atoms with van der Waals surface area (Å²) in [7, 11) is 1.64. The third-order valence-electron chi connectivity index (χ3n) is 3.73. The number of carbonyl (C=O) groups excluding carboxylic acids is 1. The maximum atomic E-state index is 12.3. The van der Waals surface area contributed by atoms with E-state index in [1.807, 2.05) is 20.8 Å². The summed E-state index contributed by atoms with van der Waals surface area (Å²) in [6.07, 6.45) is 2.30. The number of amides is 1. The molecule has 1 amide bonds. The fourth-order valence-electron chi connectivity index (χ4n) is 2.80. The molecular weight excluding hydrogens is 296 g/mol. The first kappa shape index (κ1) is 20.2. The van der Waals surface area contributed by atoms with Crippen molar-refractivity contribution in [3.8, 4) is 0 Å². The first-order valence-corrected chi connectivity index (χ1v) is 8.57. The molecule has 1 fully saturated rings. The molecule has 0 aromatic heterocycles. The number of nitrogens with zero attached hydrogens (tertiary/aromatic N) is 1. The van der Waals surface area contributed by atoms with Gasteiger partial charge in [0.15, 0.2) is 0 Å². The normalized spacial score (nSPS) is 25.2. The van der Waals surface area contributed by atoms with Gasteiger partial charge in [0, 0.05) is 32.8 Å². The second kappa shape index (κ2) is 9.45. The maximum Gasteiger partial charge on any atom is 0.410 e. The summed E-state index contributed by atoms with van der Waals surface area (Å²) >= 11 is 0. The Kier molecular flexibility index (Phi) is 8.29. The van der Waals surface area contributed by atoms with Crippen LogP contribution in [0.5, 0.6) is 0 Å². The minimum Gasteiger partial charge on any atom is -0.444 e. The fraction of sp³-hybridized carbons (Fsp3) is 0.941. The van der Waals surface area contributed by atoms with Gasteiger partial charge in [0.05, 0.1) is 18.8 Å². The standard InChI is InChI=1S/C17H34N2O4/c1-13-11-15(12-14(2)22-13)18-7-8-19(9-10-21-6)16(20)23-17(3,4)5/h13-15,18H,7-12H2,1-6H3. The molecule has 1 aliphatic rings. The van der Waals surface area contributed by atoms with Gasteiger partial charge < -0.3 is 24.4 Å². The molecule has 6 heteroatoms. The SMILES string of the molecule is COCCN(CCNC1CC(C)OC(C)C1)C(=O)OC(C)(C)C. The summed E-state index contributed by atoms with van der Waals surface area (Å²) in [5.41, 5.74) is -0.485. The average Bonchev–Trinajstić information content (AvgIpc) is 2.39. The second-order valence-corrected chi connectivity index (χ2v) is 7.34. The Balaban J connectivity index is 2.42. The van der Waals surface area contributed by atoms with Crippen LogP contribution in [0, 0.1) is 0 Å². The topological polar surface area (TPSA) is 60.0 Å². The van der Waals surface area contributed by atoms with Crippen molar-refractivity contribution in [2.45, 2.75) is 71.3 Å². The van der Waals surface area contributed by atoms with Crippen LogP contribution in [0.15, 0.2) is 0 Å². The van der Waals surface area contributed by atoms with Crippen molar-refractivity contribution in [1.82, 2.24) is 10.2 Å². The van der Waals surface area contributed by atoms with E-state index < -0.39 is 5.60 Å². The van der Waals surface area contributed by atoms with Gasteiger partial charge in [-0.1, -0.05) is 0 Å². The highest BCUT2D eigenvalue weighted by molar-refractivity contribution is 5.68. The monoisotopic (exact) mass is 330 g/mol. The molecule has 0 aromatic carbocycles. The molecule has 0 radical (unpaired) electrons. The van der Waals surface area contributed by atoms with Crippen LogP contribution >= 0.6 is 0 Å². The Hall–Kier alpha value is -0.850. The number of ether oxygens (including phenoxy) is 3. The van der Waals surface area contributed by atoms with Crippen LogP contribution in [0.4, 0.5) is 4.79 Å². The molecule has 1 heterocycles. The molecular formula is C17H34N2O4. The lowest BCUT2D eigenvalue weighted by Gasteiger charge is -2.33. The van der Waals surface area contributed by atoms with Crippen molar-refractivity contribution < 1.29 is 19.0 Å². The van der Waals surface area contributed by atoms with E-state index >= 15 is 0 Å². The van der Waals surface area contributed by atoms with E-state index in [4.69, 9.17) is 14.2 Å². The predicted molar refractivity (Wildman–Crippen MR) is 90.7 cm³/mol. The van der Waals surface area contributed by atoms with Crippen molar-refractivity contribution in [3.63, 3.8) is 0 Å².